The topological polar surface area (TPSA) is 66.6 Å². The Bertz CT molecular complexity index is 826. The molecule has 0 spiro atoms. The molecule has 0 fully saturated rings. The third kappa shape index (κ3) is 3.45. The monoisotopic (exact) mass is 312 g/mol. The van der Waals surface area contributed by atoms with Crippen LogP contribution >= 0.6 is 0 Å². The molecule has 118 valence electrons. The van der Waals surface area contributed by atoms with Gasteiger partial charge in [-0.25, -0.2) is 4.39 Å². The summed E-state index contributed by atoms with van der Waals surface area (Å²) in [6, 6.07) is 12.4. The minimum atomic E-state index is -0.237. The first-order valence-corrected chi connectivity index (χ1v) is 7.24. The number of rotatable bonds is 4. The van der Waals surface area contributed by atoms with Crippen molar-refractivity contribution in [3.05, 3.63) is 65.9 Å². The van der Waals surface area contributed by atoms with Crippen molar-refractivity contribution in [2.24, 2.45) is 4.99 Å². The maximum absolute atomic E-state index is 13.6. The zero-order chi connectivity index (χ0) is 16.1. The van der Waals surface area contributed by atoms with Gasteiger partial charge in [0.2, 0.25) is 0 Å². The van der Waals surface area contributed by atoms with Crippen molar-refractivity contribution < 1.29 is 4.39 Å². The molecule has 0 amide bonds. The molecule has 0 saturated heterocycles. The molecule has 0 aliphatic heterocycles. The van der Waals surface area contributed by atoms with Crippen LogP contribution in [0.5, 0.6) is 0 Å². The highest BCUT2D eigenvalue weighted by Crippen LogP contribution is 2.05. The average molecular weight is 312 g/mol. The van der Waals surface area contributed by atoms with Gasteiger partial charge in [0.25, 0.3) is 0 Å². The van der Waals surface area contributed by atoms with Gasteiger partial charge in [0.1, 0.15) is 5.82 Å². The Morgan fingerprint density at radius 2 is 1.87 bits per heavy atom. The number of halogens is 1. The van der Waals surface area contributed by atoms with Gasteiger partial charge in [-0.05, 0) is 18.2 Å². The number of pyridine rings is 1. The van der Waals surface area contributed by atoms with Gasteiger partial charge in [0.05, 0.1) is 6.54 Å². The van der Waals surface area contributed by atoms with Crippen LogP contribution < -0.4 is 10.6 Å². The average Bonchev–Trinajstić information content (AvgIpc) is 3.00. The molecule has 0 atom stereocenters. The van der Waals surface area contributed by atoms with Crippen molar-refractivity contribution in [1.82, 2.24) is 25.2 Å². The number of guanidine groups is 1. The summed E-state index contributed by atoms with van der Waals surface area (Å²) in [6.07, 6.45) is 1.90. The summed E-state index contributed by atoms with van der Waals surface area (Å²) in [6.45, 7) is 0.815. The molecule has 3 aromatic rings. The lowest BCUT2D eigenvalue weighted by atomic mass is 10.2. The van der Waals surface area contributed by atoms with E-state index >= 15 is 0 Å². The highest BCUT2D eigenvalue weighted by atomic mass is 19.1. The van der Waals surface area contributed by atoms with Crippen LogP contribution in [0.3, 0.4) is 0 Å². The van der Waals surface area contributed by atoms with E-state index in [1.165, 1.54) is 6.07 Å². The largest absolute Gasteiger partial charge is 0.352 e. The van der Waals surface area contributed by atoms with Crippen molar-refractivity contribution >= 4 is 11.6 Å². The lowest BCUT2D eigenvalue weighted by molar-refractivity contribution is 0.604. The Labute approximate surface area is 133 Å². The highest BCUT2D eigenvalue weighted by molar-refractivity contribution is 5.79. The van der Waals surface area contributed by atoms with Crippen molar-refractivity contribution in [3.8, 4) is 0 Å². The van der Waals surface area contributed by atoms with Crippen molar-refractivity contribution in [2.45, 2.75) is 13.1 Å². The number of hydrogen-bond donors (Lipinski definition) is 2. The first kappa shape index (κ1) is 15.0. The Morgan fingerprint density at radius 1 is 1.09 bits per heavy atom. The van der Waals surface area contributed by atoms with E-state index in [1.807, 2.05) is 28.8 Å². The quantitative estimate of drug-likeness (QED) is 0.569. The SMILES string of the molecule is CN=C(NCc1ccccc1F)NCc1nnc2ccccn12. The maximum Gasteiger partial charge on any atom is 0.191 e. The number of aliphatic imine (C=N–C) groups is 1. The summed E-state index contributed by atoms with van der Waals surface area (Å²) in [4.78, 5) is 4.13. The summed E-state index contributed by atoms with van der Waals surface area (Å²) < 4.78 is 15.5. The molecule has 1 aromatic carbocycles. The Hall–Kier alpha value is -2.96. The van der Waals surface area contributed by atoms with Crippen LogP contribution in [0.4, 0.5) is 4.39 Å². The first-order valence-electron chi connectivity index (χ1n) is 7.24. The third-order valence-electron chi connectivity index (χ3n) is 3.43. The lowest BCUT2D eigenvalue weighted by Crippen LogP contribution is -2.36. The van der Waals surface area contributed by atoms with Crippen LogP contribution in [0.2, 0.25) is 0 Å². The van der Waals surface area contributed by atoms with Gasteiger partial charge in [-0.1, -0.05) is 24.3 Å². The van der Waals surface area contributed by atoms with Gasteiger partial charge in [-0.3, -0.25) is 9.39 Å². The normalized spacial score (nSPS) is 11.7. The Morgan fingerprint density at radius 3 is 2.70 bits per heavy atom. The molecule has 0 aliphatic carbocycles. The summed E-state index contributed by atoms with van der Waals surface area (Å²) in [5.41, 5.74) is 1.38. The second-order valence-corrected chi connectivity index (χ2v) is 4.92. The van der Waals surface area contributed by atoms with Crippen LogP contribution in [-0.4, -0.2) is 27.6 Å². The van der Waals surface area contributed by atoms with Gasteiger partial charge in [-0.2, -0.15) is 0 Å². The van der Waals surface area contributed by atoms with E-state index < -0.39 is 0 Å². The van der Waals surface area contributed by atoms with Crippen molar-refractivity contribution in [3.63, 3.8) is 0 Å². The van der Waals surface area contributed by atoms with Crippen LogP contribution in [0.1, 0.15) is 11.4 Å². The van der Waals surface area contributed by atoms with Crippen molar-refractivity contribution in [1.29, 1.82) is 0 Å². The Balaban J connectivity index is 1.61. The van der Waals surface area contributed by atoms with Crippen LogP contribution in [0, 0.1) is 5.82 Å². The minimum Gasteiger partial charge on any atom is -0.352 e. The molecule has 2 heterocycles. The molecular formula is C16H17FN6. The molecule has 0 aliphatic rings. The van der Waals surface area contributed by atoms with E-state index in [4.69, 9.17) is 0 Å². The molecule has 0 radical (unpaired) electrons. The number of benzene rings is 1. The molecule has 23 heavy (non-hydrogen) atoms. The smallest absolute Gasteiger partial charge is 0.191 e. The fourth-order valence-electron chi connectivity index (χ4n) is 2.22. The Kier molecular flexibility index (Phi) is 4.46. The molecule has 7 heteroatoms. The number of nitrogens with one attached hydrogen (secondary N) is 2. The van der Waals surface area contributed by atoms with Crippen LogP contribution in [0.15, 0.2) is 53.7 Å². The van der Waals surface area contributed by atoms with Crippen LogP contribution in [-0.2, 0) is 13.1 Å². The van der Waals surface area contributed by atoms with Crippen molar-refractivity contribution in [2.75, 3.05) is 7.05 Å². The van der Waals surface area contributed by atoms with E-state index in [2.05, 4.69) is 25.8 Å². The number of aromatic nitrogens is 3. The lowest BCUT2D eigenvalue weighted by Gasteiger charge is -2.11. The predicted octanol–water partition coefficient (Wildman–Crippen LogP) is 1.73. The van der Waals surface area contributed by atoms with E-state index in [1.54, 1.807) is 25.2 Å². The highest BCUT2D eigenvalue weighted by Gasteiger charge is 2.06. The van der Waals surface area contributed by atoms with E-state index in [0.717, 1.165) is 11.5 Å². The fraction of sp³-hybridized carbons (Fsp3) is 0.188. The van der Waals surface area contributed by atoms with Gasteiger partial charge in [0.15, 0.2) is 17.4 Å². The van der Waals surface area contributed by atoms with E-state index in [-0.39, 0.29) is 5.82 Å². The molecule has 0 unspecified atom stereocenters. The molecular weight excluding hydrogens is 295 g/mol. The standard InChI is InChI=1S/C16H17FN6/c1-18-16(19-10-12-6-2-3-7-13(12)17)20-11-15-22-21-14-8-4-5-9-23(14)15/h2-9H,10-11H2,1H3,(H2,18,19,20). The molecule has 2 N–H and O–H groups in total. The molecule has 0 saturated carbocycles. The summed E-state index contributed by atoms with van der Waals surface area (Å²) in [7, 11) is 1.67. The van der Waals surface area contributed by atoms with Gasteiger partial charge in [0, 0.05) is 25.4 Å². The molecule has 6 nitrogen and oxygen atoms in total. The van der Waals surface area contributed by atoms with E-state index in [9.17, 15) is 4.39 Å². The first-order chi connectivity index (χ1) is 11.3. The van der Waals surface area contributed by atoms with Gasteiger partial charge in [-0.15, -0.1) is 10.2 Å². The summed E-state index contributed by atoms with van der Waals surface area (Å²) >= 11 is 0. The predicted molar refractivity (Wildman–Crippen MR) is 86.4 cm³/mol. The number of nitrogens with zero attached hydrogens (tertiary/aromatic N) is 4. The molecule has 2 aromatic heterocycles. The van der Waals surface area contributed by atoms with Gasteiger partial charge >= 0.3 is 0 Å². The summed E-state index contributed by atoms with van der Waals surface area (Å²) in [5, 5.41) is 14.5. The minimum absolute atomic E-state index is 0.237. The maximum atomic E-state index is 13.6. The number of fused-ring (bicyclic) bond motifs is 1. The zero-order valence-corrected chi connectivity index (χ0v) is 12.7. The number of hydrogen-bond acceptors (Lipinski definition) is 3. The zero-order valence-electron chi connectivity index (χ0n) is 12.7. The second kappa shape index (κ2) is 6.87. The van der Waals surface area contributed by atoms with E-state index in [0.29, 0.717) is 24.6 Å². The van der Waals surface area contributed by atoms with Crippen LogP contribution in [0.25, 0.3) is 5.65 Å². The molecule has 0 bridgehead atoms. The summed E-state index contributed by atoms with van der Waals surface area (Å²) in [5.74, 6) is 1.11. The molecule has 3 rings (SSSR count). The van der Waals surface area contributed by atoms with Gasteiger partial charge < -0.3 is 10.6 Å². The fourth-order valence-corrected chi connectivity index (χ4v) is 2.22. The third-order valence-corrected chi connectivity index (χ3v) is 3.43. The second-order valence-electron chi connectivity index (χ2n) is 4.92.